The van der Waals surface area contributed by atoms with Crippen LogP contribution in [0.15, 0.2) is 243 Å². The number of amides is 6. The van der Waals surface area contributed by atoms with Gasteiger partial charge in [0, 0.05) is 167 Å². The van der Waals surface area contributed by atoms with Crippen LogP contribution < -0.4 is 37.9 Å². The molecule has 13 aromatic rings. The average molecular weight is 1890 g/mol. The van der Waals surface area contributed by atoms with Crippen molar-refractivity contribution in [3.8, 4) is 69.0 Å². The van der Waals surface area contributed by atoms with Gasteiger partial charge in [-0.1, -0.05) is 121 Å². The molecule has 6 amide bonds. The Morgan fingerprint density at radius 1 is 0.269 bits per heavy atom. The van der Waals surface area contributed by atoms with Gasteiger partial charge in [-0.25, -0.2) is 0 Å². The Hall–Kier alpha value is -12.8. The molecule has 0 bridgehead atoms. The van der Waals surface area contributed by atoms with Crippen LogP contribution in [0.1, 0.15) is 77.5 Å². The van der Waals surface area contributed by atoms with Crippen LogP contribution in [0.5, 0.6) is 69.0 Å². The van der Waals surface area contributed by atoms with Gasteiger partial charge >= 0.3 is 35.2 Å². The maximum absolute atomic E-state index is 17.2. The summed E-state index contributed by atoms with van der Waals surface area (Å²) in [7, 11) is 4.28. The van der Waals surface area contributed by atoms with E-state index in [0.717, 1.165) is 20.9 Å². The van der Waals surface area contributed by atoms with Crippen LogP contribution in [-0.4, -0.2) is 226 Å². The van der Waals surface area contributed by atoms with Crippen LogP contribution in [0.4, 0.5) is 0 Å². The van der Waals surface area contributed by atoms with E-state index in [1.54, 1.807) is 107 Å². The molecule has 2 heterocycles. The molecule has 30 nitrogen and oxygen atoms in total. The van der Waals surface area contributed by atoms with Crippen LogP contribution >= 0.6 is 0 Å². The van der Waals surface area contributed by atoms with Gasteiger partial charge in [-0.3, -0.25) is 38.6 Å². The summed E-state index contributed by atoms with van der Waals surface area (Å²) in [6.45, 7) is 4.25. The number of rotatable bonds is 46. The van der Waals surface area contributed by atoms with Gasteiger partial charge in [0.1, 0.15) is 81.1 Å². The molecule has 0 saturated carbocycles. The summed E-state index contributed by atoms with van der Waals surface area (Å²) in [6.07, 6.45) is -0.644. The van der Waals surface area contributed by atoms with Crippen molar-refractivity contribution in [3.05, 3.63) is 287 Å². The maximum atomic E-state index is 17.2. The maximum Gasteiger partial charge on any atom is 0.539 e. The lowest BCUT2D eigenvalue weighted by Gasteiger charge is -2.37. The molecule has 2 atom stereocenters. The van der Waals surface area contributed by atoms with E-state index in [1.807, 2.05) is 135 Å². The highest BCUT2D eigenvalue weighted by Crippen LogP contribution is 2.59. The number of likely N-dealkylation sites (N-methyl/N-ethyl adjacent to an activating group) is 2. The normalized spacial score (nSPS) is 13.4. The largest absolute Gasteiger partial charge is 0.539 e. The molecule has 0 N–H and O–H groups in total. The Morgan fingerprint density at radius 2 is 0.470 bits per heavy atom. The van der Waals surface area contributed by atoms with Crippen molar-refractivity contribution in [2.24, 2.45) is 0 Å². The predicted octanol–water partition coefficient (Wildman–Crippen LogP) is 16.6. The molecule has 134 heavy (non-hydrogen) atoms. The molecule has 13 aromatic carbocycles. The lowest BCUT2D eigenvalue weighted by molar-refractivity contribution is -0.136. The zero-order chi connectivity index (χ0) is 94.6. The molecule has 0 saturated heterocycles. The van der Waals surface area contributed by atoms with Crippen LogP contribution in [0.3, 0.4) is 0 Å². The van der Waals surface area contributed by atoms with Crippen LogP contribution in [0, 0.1) is 0 Å². The van der Waals surface area contributed by atoms with Crippen molar-refractivity contribution >= 4 is 114 Å². The molecule has 2 aliphatic rings. The minimum Gasteiger partial charge on any atom is -0.489 e. The quantitative estimate of drug-likeness (QED) is 0.0148. The second-order valence-corrected chi connectivity index (χ2v) is 42.9. The number of benzene rings is 13. The van der Waals surface area contributed by atoms with E-state index in [4.69, 9.17) is 91.0 Å². The smallest absolute Gasteiger partial charge is 0.489 e. The molecule has 0 aliphatic carbocycles. The zero-order valence-electron chi connectivity index (χ0n) is 76.7. The molecule has 0 aromatic heterocycles. The number of nitrogens with zero attached hydrogens (tertiary/aromatic N) is 4. The summed E-state index contributed by atoms with van der Waals surface area (Å²) >= 11 is 0. The van der Waals surface area contributed by atoms with Gasteiger partial charge in [-0.2, -0.15) is 0 Å². The molecule has 15 rings (SSSR count). The number of fused-ring (bicyclic) bond motifs is 2. The number of hydrogen-bond donors (Lipinski definition) is 0. The second-order valence-electron chi connectivity index (χ2n) is 31.4. The SMILES string of the molecule is CCN(Cc1ccccc1)C(=O)C(Cc1ccccc1)N1C(=O)c2cc(Oc3ccc(OC[Si](OC)(OC)OC)cc3)c3c4c(Oc5ccc(OC[Si](OC)(OC)OC)cc5)cc5c6c(cc(Oc7ccc(OC[Si](OC)(OC)OC)cc7)c(c7c(Oc8ccc(OC[Si](OC)(OC)OC)cc8)cc(c2c37)C1=O)c64)C(=O)N(C(Cc1ccccc1)C(=O)N(CC)Cc1ccccc1)C5=O. The van der Waals surface area contributed by atoms with Crippen LogP contribution in [0.2, 0.25) is 0 Å². The van der Waals surface area contributed by atoms with E-state index in [2.05, 4.69) is 0 Å². The van der Waals surface area contributed by atoms with Crippen molar-refractivity contribution in [2.75, 3.05) is 123 Å². The third-order valence-corrected chi connectivity index (χ3v) is 33.6. The summed E-state index contributed by atoms with van der Waals surface area (Å²) in [4.78, 5) is 106. The van der Waals surface area contributed by atoms with E-state index in [9.17, 15) is 0 Å². The second kappa shape index (κ2) is 42.2. The van der Waals surface area contributed by atoms with Gasteiger partial charge < -0.3 is 101 Å². The Balaban J connectivity index is 1.07. The Bertz CT molecular complexity index is 5660. The first-order chi connectivity index (χ1) is 65.1. The number of ether oxygens (including phenoxy) is 8. The standard InChI is InChI=1S/C100H104N4O26Si4/c1-15-101(59-67-33-25-19-26-34-67)99(109)81(53-65-29-21-17-22-30-65)103-95(105)77-55-83(127-73-45-37-69(38-46-73)123-61-131(111-3,112-4)113-5)89-91-85(129-75-49-41-71(42-50-75)125-63-133(117-9,118-10)119-11)57-79-88-80(98(108)104(97(79)107)82(54-66-31-23-18-24-32-66)100(110)102(16-2)60-68-35-27-20-28-36-68)58-86(130-76-51-43-72(44-52-76)126-64-134(120-12,121-13)122-14)92(94(88)91)90-84(56-78(96(103)106)87(77)93(89)90)128-74-47-39-70(40-48-74)124-62-132(114-6,115-7)116-8/h17-52,55-58,81-82H,15-16,53-54,59-64H2,1-14H3. The van der Waals surface area contributed by atoms with E-state index in [1.165, 1.54) is 110 Å². The summed E-state index contributed by atoms with van der Waals surface area (Å²) in [5.74, 6) is -2.87. The molecule has 34 heteroatoms. The van der Waals surface area contributed by atoms with Crippen LogP contribution in [0.25, 0.3) is 43.1 Å². The minimum atomic E-state index is -3.34. The molecule has 696 valence electrons. The van der Waals surface area contributed by atoms with Crippen molar-refractivity contribution in [3.63, 3.8) is 0 Å². The monoisotopic (exact) mass is 1890 g/mol. The summed E-state index contributed by atoms with van der Waals surface area (Å²) in [5.41, 5.74) is 2.42. The summed E-state index contributed by atoms with van der Waals surface area (Å²) in [5, 5.41) is 0.860. The lowest BCUT2D eigenvalue weighted by Crippen LogP contribution is -2.55. The Labute approximate surface area is 780 Å². The molecule has 0 spiro atoms. The fourth-order valence-electron chi connectivity index (χ4n) is 16.7. The summed E-state index contributed by atoms with van der Waals surface area (Å²) < 4.78 is 124. The fraction of sp³-hybridized carbons (Fsp3) is 0.260. The van der Waals surface area contributed by atoms with E-state index in [-0.39, 0.29) is 175 Å². The molecule has 0 fully saturated rings. The van der Waals surface area contributed by atoms with Gasteiger partial charge in [-0.05, 0) is 157 Å². The topological polar surface area (TPSA) is 300 Å². The Morgan fingerprint density at radius 3 is 0.672 bits per heavy atom. The minimum absolute atomic E-state index is 0.0567. The van der Waals surface area contributed by atoms with Crippen molar-refractivity contribution in [1.29, 1.82) is 0 Å². The molecule has 0 radical (unpaired) electrons. The molecule has 2 aliphatic heterocycles. The molecule has 2 unspecified atom stereocenters. The zero-order valence-corrected chi connectivity index (χ0v) is 80.7. The summed E-state index contributed by atoms with van der Waals surface area (Å²) in [6, 6.07) is 66.5. The fourth-order valence-corrected chi connectivity index (χ4v) is 21.5. The Kier molecular flexibility index (Phi) is 30.1. The molecular formula is C100H104N4O26Si4. The predicted molar refractivity (Wildman–Crippen MR) is 507 cm³/mol. The third kappa shape index (κ3) is 19.6. The first-order valence-electron chi connectivity index (χ1n) is 43.2. The highest BCUT2D eigenvalue weighted by atomic mass is 28.4. The average Bonchev–Trinajstić information content (AvgIpc) is 0.668. The first-order valence-corrected chi connectivity index (χ1v) is 50.9. The van der Waals surface area contributed by atoms with Gasteiger partial charge in [0.05, 0.1) is 22.3 Å². The number of carbonyl (C=O) groups excluding carboxylic acids is 6. The van der Waals surface area contributed by atoms with Gasteiger partial charge in [-0.15, -0.1) is 0 Å². The van der Waals surface area contributed by atoms with Gasteiger partial charge in [0.15, 0.2) is 24.9 Å². The highest BCUT2D eigenvalue weighted by molar-refractivity contribution is 6.61. The van der Waals surface area contributed by atoms with Crippen molar-refractivity contribution in [1.82, 2.24) is 19.6 Å². The first kappa shape index (κ1) is 95.8. The van der Waals surface area contributed by atoms with Crippen molar-refractivity contribution in [2.45, 2.75) is 51.9 Å². The van der Waals surface area contributed by atoms with E-state index >= 15 is 28.8 Å². The van der Waals surface area contributed by atoms with Crippen molar-refractivity contribution < 1.29 is 120 Å². The third-order valence-electron chi connectivity index (χ3n) is 24.1. The highest BCUT2D eigenvalue weighted by Gasteiger charge is 2.49. The van der Waals surface area contributed by atoms with Gasteiger partial charge in [0.25, 0.3) is 23.6 Å². The lowest BCUT2D eigenvalue weighted by atomic mass is 9.80. The number of carbonyl (C=O) groups is 6. The molecular weight excluding hydrogens is 1790 g/mol. The number of hydrogen-bond acceptors (Lipinski definition) is 26. The van der Waals surface area contributed by atoms with E-state index < -0.39 is 82.7 Å². The van der Waals surface area contributed by atoms with Crippen LogP contribution in [-0.2, 0) is 88.6 Å². The van der Waals surface area contributed by atoms with E-state index in [0.29, 0.717) is 34.1 Å². The number of imide groups is 2. The van der Waals surface area contributed by atoms with Gasteiger partial charge in [0.2, 0.25) is 11.8 Å².